The molecule has 4 fully saturated rings. The number of allylic oxidation sites excluding steroid dienone is 1. The van der Waals surface area contributed by atoms with Crippen LogP contribution in [0.1, 0.15) is 107 Å². The summed E-state index contributed by atoms with van der Waals surface area (Å²) >= 11 is 0. The maximum atomic E-state index is 13.4. The number of rotatable bonds is 11. The van der Waals surface area contributed by atoms with Crippen molar-refractivity contribution in [3.05, 3.63) is 11.6 Å². The quantitative estimate of drug-likeness (QED) is 0.0682. The summed E-state index contributed by atoms with van der Waals surface area (Å²) < 4.78 is 19.5. The fourth-order valence-corrected chi connectivity index (χ4v) is 12.1. The number of carbonyl (C=O) groups is 2. The lowest BCUT2D eigenvalue weighted by molar-refractivity contribution is -0.267. The Morgan fingerprint density at radius 1 is 1.12 bits per heavy atom. The lowest BCUT2D eigenvalue weighted by Gasteiger charge is -2.71. The van der Waals surface area contributed by atoms with Gasteiger partial charge in [0.15, 0.2) is 0 Å². The number of nitrogens with zero attached hydrogens (tertiary/aromatic N) is 1. The highest BCUT2D eigenvalue weighted by Crippen LogP contribution is 2.75. The SMILES string of the molecule is CCCN(CCO[C@H]1[C@H](OC(C)=O)C[C@]23COC[C@@]1(C)[C@@H]2CC[C@H]1C3=CC[C@@]2(C)[C@H](C(=O)O)[C@@](C)([C@H](C)C(C)C)CC[C@]12C)NC(=N)N. The number of nitrogens with two attached hydrogens (primary N) is 1. The molecule has 0 amide bonds. The number of hydrazine groups is 1. The second-order valence-corrected chi connectivity index (χ2v) is 17.5. The molecule has 3 saturated carbocycles. The van der Waals surface area contributed by atoms with Gasteiger partial charge in [0, 0.05) is 30.8 Å². The molecule has 10 nitrogen and oxygen atoms in total. The predicted octanol–water partition coefficient (Wildman–Crippen LogP) is 6.00. The third-order valence-corrected chi connectivity index (χ3v) is 14.8. The first-order valence-corrected chi connectivity index (χ1v) is 18.6. The zero-order chi connectivity index (χ0) is 35.4. The monoisotopic (exact) mass is 672 g/mol. The van der Waals surface area contributed by atoms with E-state index in [-0.39, 0.29) is 56.9 Å². The van der Waals surface area contributed by atoms with E-state index in [1.165, 1.54) is 12.5 Å². The summed E-state index contributed by atoms with van der Waals surface area (Å²) in [6.07, 6.45) is 7.85. The molecule has 1 saturated heterocycles. The zero-order valence-electron chi connectivity index (χ0n) is 31.1. The maximum absolute atomic E-state index is 13.4. The van der Waals surface area contributed by atoms with Crippen molar-refractivity contribution in [2.45, 2.75) is 119 Å². The first kappa shape index (κ1) is 37.1. The first-order chi connectivity index (χ1) is 22.4. The van der Waals surface area contributed by atoms with Crippen LogP contribution in [0.4, 0.5) is 0 Å². The van der Waals surface area contributed by atoms with Gasteiger partial charge in [-0.25, -0.2) is 5.01 Å². The normalized spacial score (nSPS) is 42.6. The number of esters is 1. The average molecular weight is 673 g/mol. The molecule has 5 aliphatic rings. The Kier molecular flexibility index (Phi) is 10.2. The number of hydrogen-bond acceptors (Lipinski definition) is 7. The molecular weight excluding hydrogens is 608 g/mol. The molecule has 10 heteroatoms. The van der Waals surface area contributed by atoms with Crippen LogP contribution in [0.3, 0.4) is 0 Å². The molecule has 272 valence electrons. The molecule has 0 radical (unpaired) electrons. The van der Waals surface area contributed by atoms with Crippen LogP contribution in [-0.2, 0) is 23.8 Å². The van der Waals surface area contributed by atoms with Gasteiger partial charge in [0.25, 0.3) is 0 Å². The third-order valence-electron chi connectivity index (χ3n) is 14.8. The Labute approximate surface area is 288 Å². The smallest absolute Gasteiger partial charge is 0.307 e. The first-order valence-electron chi connectivity index (χ1n) is 18.6. The summed E-state index contributed by atoms with van der Waals surface area (Å²) in [5, 5.41) is 20.6. The molecule has 0 spiro atoms. The minimum Gasteiger partial charge on any atom is -0.481 e. The number of fused-ring (bicyclic) bond motifs is 3. The Morgan fingerprint density at radius 3 is 2.44 bits per heavy atom. The topological polar surface area (TPSA) is 147 Å². The van der Waals surface area contributed by atoms with Gasteiger partial charge >= 0.3 is 11.9 Å². The highest BCUT2D eigenvalue weighted by atomic mass is 16.6. The average Bonchev–Trinajstić information content (AvgIpc) is 2.98. The van der Waals surface area contributed by atoms with Crippen LogP contribution in [0.5, 0.6) is 0 Å². The van der Waals surface area contributed by atoms with Crippen LogP contribution in [0.15, 0.2) is 11.6 Å². The van der Waals surface area contributed by atoms with E-state index in [1.807, 2.05) is 5.01 Å². The molecule has 5 rings (SSSR count). The van der Waals surface area contributed by atoms with Crippen LogP contribution in [0.2, 0.25) is 0 Å². The fraction of sp³-hybridized carbons (Fsp3) is 0.868. The van der Waals surface area contributed by atoms with Gasteiger partial charge in [-0.15, -0.1) is 0 Å². The zero-order valence-corrected chi connectivity index (χ0v) is 31.1. The third kappa shape index (κ3) is 5.69. The van der Waals surface area contributed by atoms with E-state index >= 15 is 0 Å². The van der Waals surface area contributed by atoms with Gasteiger partial charge < -0.3 is 25.1 Å². The number of carboxylic acid groups (broad SMARTS) is 1. The van der Waals surface area contributed by atoms with Gasteiger partial charge in [0.1, 0.15) is 12.2 Å². The molecule has 1 aliphatic heterocycles. The largest absolute Gasteiger partial charge is 0.481 e. The van der Waals surface area contributed by atoms with E-state index < -0.39 is 18.0 Å². The molecule has 11 atom stereocenters. The molecule has 0 unspecified atom stereocenters. The number of guanidine groups is 1. The molecule has 2 bridgehead atoms. The van der Waals surface area contributed by atoms with E-state index in [0.29, 0.717) is 44.6 Å². The van der Waals surface area contributed by atoms with Crippen LogP contribution >= 0.6 is 0 Å². The lowest BCUT2D eigenvalue weighted by atomic mass is 9.34. The molecule has 4 aliphatic carbocycles. The van der Waals surface area contributed by atoms with Crippen molar-refractivity contribution in [2.24, 2.45) is 62.4 Å². The Balaban J connectivity index is 1.51. The molecule has 0 aromatic carbocycles. The minimum atomic E-state index is -0.653. The number of nitrogens with one attached hydrogen (secondary N) is 2. The summed E-state index contributed by atoms with van der Waals surface area (Å²) in [6.45, 7) is 22.2. The summed E-state index contributed by atoms with van der Waals surface area (Å²) in [7, 11) is 0. The number of carbonyl (C=O) groups excluding carboxylic acids is 1. The molecule has 0 aromatic heterocycles. The van der Waals surface area contributed by atoms with Gasteiger partial charge in [-0.3, -0.25) is 20.4 Å². The van der Waals surface area contributed by atoms with Crippen molar-refractivity contribution in [1.29, 1.82) is 5.41 Å². The molecule has 48 heavy (non-hydrogen) atoms. The van der Waals surface area contributed by atoms with Crippen LogP contribution in [0.25, 0.3) is 0 Å². The van der Waals surface area contributed by atoms with Crippen LogP contribution < -0.4 is 11.2 Å². The summed E-state index contributed by atoms with van der Waals surface area (Å²) in [5.41, 5.74) is 8.42. The van der Waals surface area contributed by atoms with Gasteiger partial charge in [0.2, 0.25) is 5.96 Å². The van der Waals surface area contributed by atoms with E-state index in [1.54, 1.807) is 0 Å². The molecule has 0 aromatic rings. The van der Waals surface area contributed by atoms with Gasteiger partial charge in [-0.2, -0.15) is 0 Å². The fourth-order valence-electron chi connectivity index (χ4n) is 12.1. The second kappa shape index (κ2) is 13.2. The Morgan fingerprint density at radius 2 is 1.83 bits per heavy atom. The number of hydrogen-bond donors (Lipinski definition) is 4. The van der Waals surface area contributed by atoms with Crippen molar-refractivity contribution in [1.82, 2.24) is 10.4 Å². The lowest BCUT2D eigenvalue weighted by Crippen LogP contribution is -2.70. The standard InChI is InChI=1S/C38H64N4O6/c1-10-17-42(41-33(39)40)18-19-47-31-28(48-25(5)43)20-38-22-46-21-35(31,7)29(38)12-11-26-27(38)13-14-37(9)30(32(44)45)34(6,24(4)23(2)3)15-16-36(26,37)8/h13,23-24,26,28-31H,10-12,14-22H2,1-9H3,(H,44,45)(H4,39,40,41)/t24-,26+,28-,29+,30-,31+,34-,35+,36-,37+,38-/m1/s1. The predicted molar refractivity (Wildman–Crippen MR) is 186 cm³/mol. The Bertz CT molecular complexity index is 1290. The van der Waals surface area contributed by atoms with Gasteiger partial charge in [0.05, 0.1) is 25.7 Å². The van der Waals surface area contributed by atoms with Crippen LogP contribution in [0, 0.1) is 62.1 Å². The van der Waals surface area contributed by atoms with Crippen molar-refractivity contribution < 1.29 is 28.9 Å². The van der Waals surface area contributed by atoms with E-state index in [2.05, 4.69) is 66.9 Å². The van der Waals surface area contributed by atoms with Crippen molar-refractivity contribution in [3.8, 4) is 0 Å². The number of carboxylic acids is 1. The van der Waals surface area contributed by atoms with Crippen molar-refractivity contribution >= 4 is 17.9 Å². The number of aliphatic carboxylic acids is 1. The highest BCUT2D eigenvalue weighted by molar-refractivity contribution is 5.74. The van der Waals surface area contributed by atoms with E-state index in [9.17, 15) is 14.7 Å². The van der Waals surface area contributed by atoms with E-state index in [4.69, 9.17) is 25.4 Å². The Hall–Kier alpha value is -2.17. The maximum Gasteiger partial charge on any atom is 0.307 e. The summed E-state index contributed by atoms with van der Waals surface area (Å²) in [4.78, 5) is 26.0. The highest BCUT2D eigenvalue weighted by Gasteiger charge is 2.72. The van der Waals surface area contributed by atoms with Gasteiger partial charge in [-0.1, -0.05) is 67.0 Å². The molecular formula is C38H64N4O6. The van der Waals surface area contributed by atoms with Crippen LogP contribution in [-0.4, -0.2) is 73.1 Å². The summed E-state index contributed by atoms with van der Waals surface area (Å²) in [5.74, 6) is -0.278. The number of ether oxygens (including phenoxy) is 3. The molecule has 1 heterocycles. The van der Waals surface area contributed by atoms with Crippen molar-refractivity contribution in [2.75, 3.05) is 32.9 Å². The molecule has 5 N–H and O–H groups in total. The second-order valence-electron chi connectivity index (χ2n) is 17.5. The van der Waals surface area contributed by atoms with E-state index in [0.717, 1.165) is 45.1 Å². The van der Waals surface area contributed by atoms with Crippen molar-refractivity contribution in [3.63, 3.8) is 0 Å². The van der Waals surface area contributed by atoms with Gasteiger partial charge in [-0.05, 0) is 84.9 Å². The summed E-state index contributed by atoms with van der Waals surface area (Å²) in [6, 6.07) is 0. The minimum absolute atomic E-state index is 0.106.